The first kappa shape index (κ1) is 8.85. The van der Waals surface area contributed by atoms with E-state index in [4.69, 9.17) is 0 Å². The Morgan fingerprint density at radius 3 is 2.18 bits per heavy atom. The van der Waals surface area contributed by atoms with Crippen LogP contribution < -0.4 is 0 Å². The molecule has 0 saturated carbocycles. The average molecular weight is 216 g/mol. The molecule has 1 aromatic rings. The van der Waals surface area contributed by atoms with Crippen LogP contribution in [0.3, 0.4) is 0 Å². The van der Waals surface area contributed by atoms with Gasteiger partial charge in [-0.3, -0.25) is 0 Å². The molecule has 0 amide bonds. The summed E-state index contributed by atoms with van der Waals surface area (Å²) >= 11 is 3.54. The molecule has 0 fully saturated rings. The van der Waals surface area contributed by atoms with Crippen LogP contribution >= 0.6 is 15.9 Å². The number of nitrogens with zero attached hydrogens (tertiary/aromatic N) is 1. The van der Waals surface area contributed by atoms with Gasteiger partial charge >= 0.3 is 0 Å². The summed E-state index contributed by atoms with van der Waals surface area (Å²) in [6, 6.07) is 4.31. The Morgan fingerprint density at radius 1 is 1.36 bits per heavy atom. The van der Waals surface area contributed by atoms with E-state index in [1.54, 1.807) is 0 Å². The first-order valence-corrected chi connectivity index (χ1v) is 4.79. The van der Waals surface area contributed by atoms with E-state index in [9.17, 15) is 0 Å². The Morgan fingerprint density at radius 2 is 1.82 bits per heavy atom. The molecule has 0 aliphatic carbocycles. The third kappa shape index (κ3) is 2.09. The van der Waals surface area contributed by atoms with Crippen molar-refractivity contribution in [3.63, 3.8) is 0 Å². The lowest BCUT2D eigenvalue weighted by Gasteiger charge is -2.10. The van der Waals surface area contributed by atoms with Gasteiger partial charge in [-0.25, -0.2) is 0 Å². The van der Waals surface area contributed by atoms with Gasteiger partial charge in [-0.05, 0) is 26.0 Å². The van der Waals surface area contributed by atoms with E-state index < -0.39 is 0 Å². The minimum Gasteiger partial charge on any atom is -0.348 e. The molecule has 0 bridgehead atoms. The van der Waals surface area contributed by atoms with Gasteiger partial charge in [-0.2, -0.15) is 0 Å². The van der Waals surface area contributed by atoms with Crippen LogP contribution in [0.4, 0.5) is 0 Å². The highest BCUT2D eigenvalue weighted by Crippen LogP contribution is 2.10. The summed E-state index contributed by atoms with van der Waals surface area (Å²) in [6.45, 7) is 7.51. The molecule has 1 unspecified atom stereocenters. The van der Waals surface area contributed by atoms with E-state index in [2.05, 4.69) is 53.4 Å². The van der Waals surface area contributed by atoms with Gasteiger partial charge in [0.25, 0.3) is 0 Å². The number of hydrogen-bond donors (Lipinski definition) is 0. The predicted molar refractivity (Wildman–Crippen MR) is 52.3 cm³/mol. The Kier molecular flexibility index (Phi) is 2.77. The monoisotopic (exact) mass is 215 g/mol. The van der Waals surface area contributed by atoms with Gasteiger partial charge in [0, 0.05) is 22.8 Å². The molecule has 0 aliphatic rings. The summed E-state index contributed by atoms with van der Waals surface area (Å²) < 4.78 is 2.32. The molecule has 1 rings (SSSR count). The van der Waals surface area contributed by atoms with E-state index in [1.165, 1.54) is 11.4 Å². The van der Waals surface area contributed by atoms with Crippen LogP contribution in [0.2, 0.25) is 0 Å². The zero-order valence-electron chi connectivity index (χ0n) is 7.26. The van der Waals surface area contributed by atoms with Crippen molar-refractivity contribution in [2.24, 2.45) is 0 Å². The van der Waals surface area contributed by atoms with Crippen LogP contribution in [-0.4, -0.2) is 9.39 Å². The molecule has 0 saturated heterocycles. The van der Waals surface area contributed by atoms with Crippen LogP contribution in [0, 0.1) is 13.8 Å². The zero-order chi connectivity index (χ0) is 8.43. The fraction of sp³-hybridized carbons (Fsp3) is 0.556. The molecule has 0 aliphatic heterocycles. The van der Waals surface area contributed by atoms with Gasteiger partial charge in [0.05, 0.1) is 0 Å². The van der Waals surface area contributed by atoms with Crippen molar-refractivity contribution in [2.45, 2.75) is 32.1 Å². The first-order chi connectivity index (χ1) is 5.11. The topological polar surface area (TPSA) is 4.93 Å². The third-order valence-corrected chi connectivity index (χ3v) is 2.14. The van der Waals surface area contributed by atoms with Crippen LogP contribution in [-0.2, 0) is 6.54 Å². The lowest BCUT2D eigenvalue weighted by atomic mass is 10.4. The molecule has 1 atom stereocenters. The number of aromatic nitrogens is 1. The smallest absolute Gasteiger partial charge is 0.0347 e. The van der Waals surface area contributed by atoms with Gasteiger partial charge in [-0.15, -0.1) is 0 Å². The summed E-state index contributed by atoms with van der Waals surface area (Å²) in [5.41, 5.74) is 2.68. The average Bonchev–Trinajstić information content (AvgIpc) is 2.18. The number of aryl methyl sites for hydroxylation is 2. The molecule has 0 spiro atoms. The van der Waals surface area contributed by atoms with Gasteiger partial charge in [0.1, 0.15) is 0 Å². The largest absolute Gasteiger partial charge is 0.348 e. The number of alkyl halides is 1. The quantitative estimate of drug-likeness (QED) is 0.670. The highest BCUT2D eigenvalue weighted by atomic mass is 79.9. The predicted octanol–water partition coefficient (Wildman–Crippen LogP) is 2.89. The standard InChI is InChI=1S/C9H14BrN/c1-7(10)6-11-8(2)4-5-9(11)3/h4-5,7H,6H2,1-3H3. The molecule has 2 heteroatoms. The number of halogens is 1. The maximum Gasteiger partial charge on any atom is 0.0347 e. The second-order valence-electron chi connectivity index (χ2n) is 3.01. The van der Waals surface area contributed by atoms with Gasteiger partial charge in [0.15, 0.2) is 0 Å². The summed E-state index contributed by atoms with van der Waals surface area (Å²) in [5, 5.41) is 0. The van der Waals surface area contributed by atoms with E-state index in [0.29, 0.717) is 4.83 Å². The zero-order valence-corrected chi connectivity index (χ0v) is 8.85. The molecule has 0 N–H and O–H groups in total. The molecular weight excluding hydrogens is 202 g/mol. The fourth-order valence-corrected chi connectivity index (χ4v) is 1.53. The highest BCUT2D eigenvalue weighted by molar-refractivity contribution is 9.09. The lowest BCUT2D eigenvalue weighted by Crippen LogP contribution is -2.08. The molecule has 1 heterocycles. The summed E-state index contributed by atoms with van der Waals surface area (Å²) in [6.07, 6.45) is 0. The maximum atomic E-state index is 3.54. The fourth-order valence-electron chi connectivity index (χ4n) is 1.24. The van der Waals surface area contributed by atoms with E-state index in [-0.39, 0.29) is 0 Å². The number of rotatable bonds is 2. The van der Waals surface area contributed by atoms with Crippen LogP contribution in [0.1, 0.15) is 18.3 Å². The second kappa shape index (κ2) is 3.44. The second-order valence-corrected chi connectivity index (χ2v) is 4.57. The molecule has 0 radical (unpaired) electrons. The lowest BCUT2D eigenvalue weighted by molar-refractivity contribution is 0.666. The van der Waals surface area contributed by atoms with Crippen molar-refractivity contribution in [1.29, 1.82) is 0 Å². The molecule has 0 aromatic carbocycles. The minimum absolute atomic E-state index is 0.548. The van der Waals surface area contributed by atoms with E-state index >= 15 is 0 Å². The Bertz CT molecular complexity index is 218. The first-order valence-electron chi connectivity index (χ1n) is 3.88. The summed E-state index contributed by atoms with van der Waals surface area (Å²) in [4.78, 5) is 0.548. The van der Waals surface area contributed by atoms with Crippen molar-refractivity contribution in [3.8, 4) is 0 Å². The van der Waals surface area contributed by atoms with Crippen molar-refractivity contribution >= 4 is 15.9 Å². The van der Waals surface area contributed by atoms with Gasteiger partial charge < -0.3 is 4.57 Å². The van der Waals surface area contributed by atoms with Crippen molar-refractivity contribution in [3.05, 3.63) is 23.5 Å². The highest BCUT2D eigenvalue weighted by Gasteiger charge is 2.02. The number of hydrogen-bond acceptors (Lipinski definition) is 0. The van der Waals surface area contributed by atoms with Crippen molar-refractivity contribution in [2.75, 3.05) is 0 Å². The molecule has 1 aromatic heterocycles. The van der Waals surface area contributed by atoms with Crippen LogP contribution in [0.5, 0.6) is 0 Å². The van der Waals surface area contributed by atoms with E-state index in [1.807, 2.05) is 0 Å². The SMILES string of the molecule is Cc1ccc(C)n1CC(C)Br. The van der Waals surface area contributed by atoms with Gasteiger partial charge in [-0.1, -0.05) is 22.9 Å². The molecule has 62 valence electrons. The van der Waals surface area contributed by atoms with Crippen LogP contribution in [0.25, 0.3) is 0 Å². The molecule has 1 nitrogen and oxygen atoms in total. The summed E-state index contributed by atoms with van der Waals surface area (Å²) in [7, 11) is 0. The van der Waals surface area contributed by atoms with Crippen molar-refractivity contribution < 1.29 is 0 Å². The molecule has 11 heavy (non-hydrogen) atoms. The summed E-state index contributed by atoms with van der Waals surface area (Å²) in [5.74, 6) is 0. The Hall–Kier alpha value is -0.240. The van der Waals surface area contributed by atoms with Gasteiger partial charge in [0.2, 0.25) is 0 Å². The molecular formula is C9H14BrN. The minimum atomic E-state index is 0.548. The normalized spacial score (nSPS) is 13.5. The third-order valence-electron chi connectivity index (χ3n) is 1.85. The maximum absolute atomic E-state index is 3.54. The van der Waals surface area contributed by atoms with E-state index in [0.717, 1.165) is 6.54 Å². The van der Waals surface area contributed by atoms with Crippen LogP contribution in [0.15, 0.2) is 12.1 Å². The Balaban J connectivity index is 2.83. The Labute approximate surface area is 76.5 Å². The van der Waals surface area contributed by atoms with Crippen molar-refractivity contribution in [1.82, 2.24) is 4.57 Å².